The van der Waals surface area contributed by atoms with Crippen LogP contribution in [0.25, 0.3) is 10.1 Å². The highest BCUT2D eigenvalue weighted by atomic mass is 79.9. The number of hydrogen-bond acceptors (Lipinski definition) is 2. The maximum atomic E-state index is 3.65. The van der Waals surface area contributed by atoms with E-state index in [1.54, 1.807) is 0 Å². The Kier molecular flexibility index (Phi) is 5.43. The number of benzene rings is 1. The molecule has 1 heterocycles. The lowest BCUT2D eigenvalue weighted by Gasteiger charge is -2.18. The second-order valence-corrected chi connectivity index (χ2v) is 7.12. The van der Waals surface area contributed by atoms with E-state index in [1.165, 1.54) is 33.0 Å². The van der Waals surface area contributed by atoms with Gasteiger partial charge in [-0.2, -0.15) is 0 Å². The van der Waals surface area contributed by atoms with Crippen molar-refractivity contribution in [3.8, 4) is 0 Å². The van der Waals surface area contributed by atoms with Gasteiger partial charge in [0.2, 0.25) is 0 Å². The lowest BCUT2D eigenvalue weighted by Crippen LogP contribution is -2.21. The number of thiophene rings is 1. The molecule has 0 saturated carbocycles. The monoisotopic (exact) mass is 339 g/mol. The van der Waals surface area contributed by atoms with Crippen molar-refractivity contribution >= 4 is 37.4 Å². The summed E-state index contributed by atoms with van der Waals surface area (Å²) in [6, 6.07) is 6.98. The number of fused-ring (bicyclic) bond motifs is 1. The summed E-state index contributed by atoms with van der Waals surface area (Å²) in [5.74, 6) is 0.762. The molecule has 0 bridgehead atoms. The Bertz CT molecular complexity index is 533. The molecule has 3 heteroatoms. The summed E-state index contributed by atoms with van der Waals surface area (Å²) in [6.07, 6.45) is 2.48. The molecule has 19 heavy (non-hydrogen) atoms. The Balaban J connectivity index is 2.30. The molecule has 1 N–H and O–H groups in total. The highest BCUT2D eigenvalue weighted by molar-refractivity contribution is 9.10. The van der Waals surface area contributed by atoms with Crippen molar-refractivity contribution in [2.24, 2.45) is 5.92 Å². The maximum absolute atomic E-state index is 3.65. The van der Waals surface area contributed by atoms with Crippen LogP contribution in [0, 0.1) is 5.92 Å². The third kappa shape index (κ3) is 3.59. The molecule has 104 valence electrons. The molecule has 1 nitrogen and oxygen atoms in total. The van der Waals surface area contributed by atoms with Gasteiger partial charge in [-0.15, -0.1) is 11.3 Å². The Morgan fingerprint density at radius 3 is 2.74 bits per heavy atom. The minimum Gasteiger partial charge on any atom is -0.310 e. The van der Waals surface area contributed by atoms with E-state index < -0.39 is 0 Å². The van der Waals surface area contributed by atoms with Crippen molar-refractivity contribution < 1.29 is 0 Å². The van der Waals surface area contributed by atoms with E-state index >= 15 is 0 Å². The molecule has 1 unspecified atom stereocenters. The summed E-state index contributed by atoms with van der Waals surface area (Å²) >= 11 is 5.49. The van der Waals surface area contributed by atoms with Crippen LogP contribution in [0.2, 0.25) is 0 Å². The van der Waals surface area contributed by atoms with Crippen LogP contribution in [-0.4, -0.2) is 6.54 Å². The fraction of sp³-hybridized carbons (Fsp3) is 0.500. The van der Waals surface area contributed by atoms with Crippen LogP contribution in [0.5, 0.6) is 0 Å². The minimum absolute atomic E-state index is 0.482. The lowest BCUT2D eigenvalue weighted by atomic mass is 9.97. The zero-order chi connectivity index (χ0) is 13.8. The van der Waals surface area contributed by atoms with Crippen LogP contribution < -0.4 is 5.32 Å². The van der Waals surface area contributed by atoms with Crippen LogP contribution in [0.3, 0.4) is 0 Å². The van der Waals surface area contributed by atoms with Gasteiger partial charge in [0, 0.05) is 15.2 Å². The van der Waals surface area contributed by atoms with Gasteiger partial charge in [-0.3, -0.25) is 0 Å². The van der Waals surface area contributed by atoms with Crippen molar-refractivity contribution in [3.63, 3.8) is 0 Å². The Morgan fingerprint density at radius 2 is 2.05 bits per heavy atom. The summed E-state index contributed by atoms with van der Waals surface area (Å²) in [7, 11) is 0. The average molecular weight is 340 g/mol. The van der Waals surface area contributed by atoms with Crippen LogP contribution in [-0.2, 0) is 0 Å². The molecule has 1 atom stereocenters. The summed E-state index contributed by atoms with van der Waals surface area (Å²) in [5.41, 5.74) is 1.46. The highest BCUT2D eigenvalue weighted by Gasteiger charge is 2.16. The number of nitrogens with one attached hydrogen (secondary N) is 1. The first-order valence-electron chi connectivity index (χ1n) is 7.02. The van der Waals surface area contributed by atoms with E-state index in [-0.39, 0.29) is 0 Å². The summed E-state index contributed by atoms with van der Waals surface area (Å²) < 4.78 is 2.57. The van der Waals surface area contributed by atoms with E-state index in [2.05, 4.69) is 65.6 Å². The highest BCUT2D eigenvalue weighted by Crippen LogP contribution is 2.36. The number of hydrogen-bond donors (Lipinski definition) is 1. The van der Waals surface area contributed by atoms with E-state index in [0.29, 0.717) is 6.04 Å². The van der Waals surface area contributed by atoms with Crippen LogP contribution in [0.1, 0.15) is 45.2 Å². The second-order valence-electron chi connectivity index (χ2n) is 5.39. The van der Waals surface area contributed by atoms with E-state index in [0.717, 1.165) is 12.5 Å². The molecule has 2 rings (SSSR count). The molecule has 0 aliphatic carbocycles. The van der Waals surface area contributed by atoms with Gasteiger partial charge in [0.25, 0.3) is 0 Å². The van der Waals surface area contributed by atoms with Gasteiger partial charge in [-0.05, 0) is 63.6 Å². The number of halogens is 1. The van der Waals surface area contributed by atoms with Gasteiger partial charge in [-0.25, -0.2) is 0 Å². The zero-order valence-corrected chi connectivity index (χ0v) is 14.3. The molecule has 0 aliphatic heterocycles. The Hall–Kier alpha value is -0.380. The molecule has 0 fully saturated rings. The van der Waals surface area contributed by atoms with Crippen molar-refractivity contribution in [1.82, 2.24) is 5.32 Å². The van der Waals surface area contributed by atoms with Crippen molar-refractivity contribution in [1.29, 1.82) is 0 Å². The largest absolute Gasteiger partial charge is 0.310 e. The van der Waals surface area contributed by atoms with Gasteiger partial charge in [-0.1, -0.05) is 32.9 Å². The predicted molar refractivity (Wildman–Crippen MR) is 90.0 cm³/mol. The third-order valence-corrected chi connectivity index (χ3v) is 5.41. The maximum Gasteiger partial charge on any atom is 0.0488 e. The first kappa shape index (κ1) is 15.0. The van der Waals surface area contributed by atoms with Gasteiger partial charge < -0.3 is 5.32 Å². The van der Waals surface area contributed by atoms with Gasteiger partial charge >= 0.3 is 0 Å². The minimum atomic E-state index is 0.482. The van der Waals surface area contributed by atoms with Crippen LogP contribution in [0.15, 0.2) is 28.1 Å². The third-order valence-electron chi connectivity index (χ3n) is 3.44. The molecular weight excluding hydrogens is 318 g/mol. The average Bonchev–Trinajstić information content (AvgIpc) is 2.79. The van der Waals surface area contributed by atoms with Crippen LogP contribution in [0.4, 0.5) is 0 Å². The van der Waals surface area contributed by atoms with Crippen molar-refractivity contribution in [2.75, 3.05) is 6.54 Å². The molecule has 1 aromatic carbocycles. The quantitative estimate of drug-likeness (QED) is 0.706. The van der Waals surface area contributed by atoms with E-state index in [9.17, 15) is 0 Å². The Morgan fingerprint density at radius 1 is 1.26 bits per heavy atom. The summed E-state index contributed by atoms with van der Waals surface area (Å²) in [5, 5.41) is 7.36. The molecule has 2 aromatic rings. The van der Waals surface area contributed by atoms with Crippen molar-refractivity contribution in [2.45, 2.75) is 39.7 Å². The summed E-state index contributed by atoms with van der Waals surface area (Å²) in [4.78, 5) is 0. The number of rotatable bonds is 6. The lowest BCUT2D eigenvalue weighted by molar-refractivity contribution is 0.451. The predicted octanol–water partition coefficient (Wildman–Crippen LogP) is 5.75. The van der Waals surface area contributed by atoms with Gasteiger partial charge in [0.1, 0.15) is 0 Å². The first-order valence-corrected chi connectivity index (χ1v) is 8.69. The molecular formula is C16H22BrNS. The summed E-state index contributed by atoms with van der Waals surface area (Å²) in [6.45, 7) is 7.80. The molecule has 0 amide bonds. The van der Waals surface area contributed by atoms with Crippen molar-refractivity contribution in [3.05, 3.63) is 33.6 Å². The van der Waals surface area contributed by atoms with E-state index in [4.69, 9.17) is 0 Å². The fourth-order valence-electron chi connectivity index (χ4n) is 2.43. The smallest absolute Gasteiger partial charge is 0.0488 e. The van der Waals surface area contributed by atoms with Gasteiger partial charge in [0.15, 0.2) is 0 Å². The zero-order valence-electron chi connectivity index (χ0n) is 11.9. The molecule has 1 aromatic heterocycles. The molecule has 0 aliphatic rings. The standard InChI is InChI=1S/C16H22BrNS/c1-4-18-15(9-8-11(2)3)13-10-19-16-12(13)6-5-7-14(16)17/h5-7,10-11,15,18H,4,8-9H2,1-3H3. The molecule has 0 spiro atoms. The van der Waals surface area contributed by atoms with E-state index in [1.807, 2.05) is 11.3 Å². The second kappa shape index (κ2) is 6.87. The Labute approximate surface area is 128 Å². The fourth-order valence-corrected chi connectivity index (χ4v) is 4.10. The van der Waals surface area contributed by atoms with Gasteiger partial charge in [0.05, 0.1) is 0 Å². The molecule has 0 radical (unpaired) electrons. The topological polar surface area (TPSA) is 12.0 Å². The molecule has 0 saturated heterocycles. The first-order chi connectivity index (χ1) is 9.13. The SMILES string of the molecule is CCNC(CCC(C)C)c1csc2c(Br)cccc12. The van der Waals surface area contributed by atoms with Crippen LogP contribution >= 0.6 is 27.3 Å². The normalized spacial score (nSPS) is 13.3.